The van der Waals surface area contributed by atoms with Crippen LogP contribution in [0.3, 0.4) is 0 Å². The minimum atomic E-state index is -0.518. The van der Waals surface area contributed by atoms with E-state index in [1.807, 2.05) is 78.0 Å². The topological polar surface area (TPSA) is 101 Å². The summed E-state index contributed by atoms with van der Waals surface area (Å²) in [6.07, 6.45) is 11.6. The van der Waals surface area contributed by atoms with Crippen LogP contribution in [0.1, 0.15) is 92.8 Å². The van der Waals surface area contributed by atoms with E-state index in [1.165, 1.54) is 27.0 Å². The highest BCUT2D eigenvalue weighted by molar-refractivity contribution is 6.04. The monoisotopic (exact) mass is 562 g/mol. The molecule has 2 aromatic rings. The molecule has 1 N–H and O–H groups in total. The molecule has 0 saturated heterocycles. The van der Waals surface area contributed by atoms with Gasteiger partial charge in [-0.3, -0.25) is 9.59 Å². The van der Waals surface area contributed by atoms with Crippen molar-refractivity contribution < 1.29 is 38.4 Å². The zero-order chi connectivity index (χ0) is 30.5. The highest BCUT2D eigenvalue weighted by Crippen LogP contribution is 2.51. The molecule has 41 heavy (non-hydrogen) atoms. The Hall–Kier alpha value is -4.20. The quantitative estimate of drug-likeness (QED) is 0.396. The predicted octanol–water partition coefficient (Wildman–Crippen LogP) is 7.05. The number of benzene rings is 2. The smallest absolute Gasteiger partial charge is 0.167 e. The summed E-state index contributed by atoms with van der Waals surface area (Å²) in [6.45, 7) is 14.6. The summed E-state index contributed by atoms with van der Waals surface area (Å²) < 4.78 is 28.8. The maximum absolute atomic E-state index is 12.3. The number of hydrogen-bond donors (Lipinski definition) is 1. The number of phenolic OH excluding ortho intramolecular Hbond substituents is 1. The largest absolute Gasteiger partial charge is 0.507 e. The second-order valence-electron chi connectivity index (χ2n) is 11.8. The Morgan fingerprint density at radius 2 is 1.10 bits per heavy atom. The first kappa shape index (κ1) is 29.8. The number of ketones is 2. The summed E-state index contributed by atoms with van der Waals surface area (Å²) in [5.41, 5.74) is 1.48. The average molecular weight is 563 g/mol. The highest BCUT2D eigenvalue weighted by Gasteiger charge is 2.36. The summed E-state index contributed by atoms with van der Waals surface area (Å²) in [6, 6.07) is 1.43. The van der Waals surface area contributed by atoms with Crippen LogP contribution in [-0.2, 0) is 0 Å². The standard InChI is InChI=1S/C19H22O4.C14H16O4/c1-11(20)14-16(21-6)12-7-9-18(2,3)22-15(12)13-8-10-19(4,5)23-17(13)14;1-8(15)12-10(16)7-11(17-4)9-5-6-14(2,3)18-13(9)12/h7-10H,1-6H3;5-7,16H,1-4H3. The Bertz CT molecular complexity index is 1520. The van der Waals surface area contributed by atoms with E-state index in [0.717, 1.165) is 11.1 Å². The molecule has 8 heteroatoms. The number of Topliss-reactive ketones (excluding diaryl/α,β-unsaturated/α-hetero) is 2. The lowest BCUT2D eigenvalue weighted by Crippen LogP contribution is -2.32. The zero-order valence-electron chi connectivity index (χ0n) is 25.3. The van der Waals surface area contributed by atoms with Gasteiger partial charge in [0.15, 0.2) is 11.6 Å². The van der Waals surface area contributed by atoms with E-state index in [9.17, 15) is 14.7 Å². The zero-order valence-corrected chi connectivity index (χ0v) is 25.3. The predicted molar refractivity (Wildman–Crippen MR) is 159 cm³/mol. The molecule has 0 saturated carbocycles. The van der Waals surface area contributed by atoms with Crippen molar-refractivity contribution in [1.29, 1.82) is 0 Å². The lowest BCUT2D eigenvalue weighted by Gasteiger charge is -2.35. The SMILES string of the molecule is COc1c2c(c3c(c1C(C)=O)OC(C)(C)C=C3)OC(C)(C)C=C2.COc1cc(O)c(C(C)=O)c2c1C=CC(C)(C)O2. The van der Waals surface area contributed by atoms with Gasteiger partial charge in [0, 0.05) is 6.07 Å². The fourth-order valence-corrected chi connectivity index (χ4v) is 4.93. The third-order valence-corrected chi connectivity index (χ3v) is 6.87. The lowest BCUT2D eigenvalue weighted by molar-refractivity contribution is 0.0984. The number of methoxy groups -OCH3 is 2. The van der Waals surface area contributed by atoms with Crippen molar-refractivity contribution >= 4 is 29.8 Å². The van der Waals surface area contributed by atoms with Crippen LogP contribution in [0.5, 0.6) is 34.5 Å². The van der Waals surface area contributed by atoms with Crippen LogP contribution in [0, 0.1) is 0 Å². The summed E-state index contributed by atoms with van der Waals surface area (Å²) in [4.78, 5) is 23.9. The van der Waals surface area contributed by atoms with Crippen LogP contribution in [0.2, 0.25) is 0 Å². The molecule has 5 rings (SSSR count). The third kappa shape index (κ3) is 5.69. The van der Waals surface area contributed by atoms with Gasteiger partial charge in [-0.1, -0.05) is 0 Å². The first-order chi connectivity index (χ1) is 19.0. The van der Waals surface area contributed by atoms with E-state index in [2.05, 4.69) is 0 Å². The van der Waals surface area contributed by atoms with Crippen molar-refractivity contribution in [2.75, 3.05) is 14.2 Å². The van der Waals surface area contributed by atoms with Gasteiger partial charge >= 0.3 is 0 Å². The molecule has 0 spiro atoms. The molecule has 0 aliphatic carbocycles. The minimum absolute atomic E-state index is 0.0924. The van der Waals surface area contributed by atoms with Crippen molar-refractivity contribution in [3.63, 3.8) is 0 Å². The summed E-state index contributed by atoms with van der Waals surface area (Å²) in [7, 11) is 3.07. The molecule has 0 bridgehead atoms. The summed E-state index contributed by atoms with van der Waals surface area (Å²) >= 11 is 0. The number of aromatic hydroxyl groups is 1. The Morgan fingerprint density at radius 3 is 1.56 bits per heavy atom. The number of carbonyl (C=O) groups excluding carboxylic acids is 2. The summed E-state index contributed by atoms with van der Waals surface area (Å²) in [5, 5.41) is 9.91. The van der Waals surface area contributed by atoms with Gasteiger partial charge < -0.3 is 28.8 Å². The molecule has 0 radical (unpaired) electrons. The second kappa shape index (κ2) is 10.3. The first-order valence-corrected chi connectivity index (χ1v) is 13.4. The molecule has 8 nitrogen and oxygen atoms in total. The summed E-state index contributed by atoms with van der Waals surface area (Å²) in [5.74, 6) is 2.15. The lowest BCUT2D eigenvalue weighted by atomic mass is 9.91. The van der Waals surface area contributed by atoms with Gasteiger partial charge in [0.2, 0.25) is 0 Å². The van der Waals surface area contributed by atoms with Gasteiger partial charge in [-0.25, -0.2) is 0 Å². The molecule has 0 fully saturated rings. The van der Waals surface area contributed by atoms with E-state index in [1.54, 1.807) is 7.11 Å². The van der Waals surface area contributed by atoms with Crippen LogP contribution in [0.4, 0.5) is 0 Å². The minimum Gasteiger partial charge on any atom is -0.507 e. The molecular formula is C33H38O8. The van der Waals surface area contributed by atoms with Gasteiger partial charge in [-0.05, 0) is 91.8 Å². The molecule has 3 aliphatic heterocycles. The van der Waals surface area contributed by atoms with E-state index >= 15 is 0 Å². The number of ether oxygens (including phenoxy) is 5. The second-order valence-corrected chi connectivity index (χ2v) is 11.8. The number of carbonyl (C=O) groups is 2. The molecule has 3 heterocycles. The molecule has 0 aromatic heterocycles. The highest BCUT2D eigenvalue weighted by atomic mass is 16.5. The van der Waals surface area contributed by atoms with Gasteiger partial charge in [-0.15, -0.1) is 0 Å². The molecule has 0 atom stereocenters. The Balaban J connectivity index is 0.000000195. The maximum Gasteiger partial charge on any atom is 0.167 e. The van der Waals surface area contributed by atoms with E-state index in [4.69, 9.17) is 23.7 Å². The molecule has 0 unspecified atom stereocenters. The van der Waals surface area contributed by atoms with Crippen LogP contribution >= 0.6 is 0 Å². The van der Waals surface area contributed by atoms with Crippen LogP contribution in [-0.4, -0.2) is 47.7 Å². The average Bonchev–Trinajstić information content (AvgIpc) is 2.85. The molecule has 218 valence electrons. The number of hydrogen-bond acceptors (Lipinski definition) is 8. The van der Waals surface area contributed by atoms with Crippen molar-refractivity contribution in [3.8, 4) is 34.5 Å². The van der Waals surface area contributed by atoms with Crippen molar-refractivity contribution in [2.45, 2.75) is 72.2 Å². The van der Waals surface area contributed by atoms with Gasteiger partial charge in [0.05, 0.1) is 30.9 Å². The van der Waals surface area contributed by atoms with Gasteiger partial charge in [0.1, 0.15) is 62.4 Å². The fraction of sp³-hybridized carbons (Fsp3) is 0.394. The Labute approximate surface area is 241 Å². The molecule has 0 amide bonds. The van der Waals surface area contributed by atoms with E-state index < -0.39 is 16.8 Å². The number of fused-ring (bicyclic) bond motifs is 4. The number of rotatable bonds is 4. The van der Waals surface area contributed by atoms with Crippen LogP contribution < -0.4 is 23.7 Å². The van der Waals surface area contributed by atoms with Crippen molar-refractivity contribution in [1.82, 2.24) is 0 Å². The Kier molecular flexibility index (Phi) is 7.50. The maximum atomic E-state index is 12.3. The van der Waals surface area contributed by atoms with E-state index in [0.29, 0.717) is 39.9 Å². The molecule has 3 aliphatic rings. The van der Waals surface area contributed by atoms with Gasteiger partial charge in [0.25, 0.3) is 0 Å². The molecule has 2 aromatic carbocycles. The van der Waals surface area contributed by atoms with Crippen LogP contribution in [0.25, 0.3) is 18.2 Å². The number of phenols is 1. The van der Waals surface area contributed by atoms with E-state index in [-0.39, 0.29) is 22.9 Å². The van der Waals surface area contributed by atoms with Crippen molar-refractivity contribution in [3.05, 3.63) is 52.1 Å². The van der Waals surface area contributed by atoms with Gasteiger partial charge in [-0.2, -0.15) is 0 Å². The molecular weight excluding hydrogens is 524 g/mol. The van der Waals surface area contributed by atoms with Crippen LogP contribution in [0.15, 0.2) is 24.3 Å². The third-order valence-electron chi connectivity index (χ3n) is 6.87. The Morgan fingerprint density at radius 1 is 0.659 bits per heavy atom. The van der Waals surface area contributed by atoms with Crippen molar-refractivity contribution in [2.24, 2.45) is 0 Å². The fourth-order valence-electron chi connectivity index (χ4n) is 4.93. The normalized spacial score (nSPS) is 17.7. The first-order valence-electron chi connectivity index (χ1n) is 13.4.